The van der Waals surface area contributed by atoms with Crippen molar-refractivity contribution in [1.29, 1.82) is 5.26 Å². The fourth-order valence-corrected chi connectivity index (χ4v) is 4.27. The second-order valence-corrected chi connectivity index (χ2v) is 11.1. The van der Waals surface area contributed by atoms with Crippen LogP contribution in [0.2, 0.25) is 5.02 Å². The van der Waals surface area contributed by atoms with Crippen LogP contribution in [0.1, 0.15) is 38.8 Å². The van der Waals surface area contributed by atoms with Crippen molar-refractivity contribution in [2.24, 2.45) is 0 Å². The van der Waals surface area contributed by atoms with Gasteiger partial charge in [-0.05, 0) is 45.0 Å². The maximum atomic E-state index is 14.8. The van der Waals surface area contributed by atoms with E-state index in [0.29, 0.717) is 0 Å². The molecule has 0 amide bonds. The van der Waals surface area contributed by atoms with E-state index in [4.69, 9.17) is 11.6 Å². The van der Waals surface area contributed by atoms with E-state index in [2.05, 4.69) is 26.0 Å². The quantitative estimate of drug-likeness (QED) is 0.187. The molecule has 0 radical (unpaired) electrons. The monoisotopic (exact) mass is 548 g/mol. The molecule has 172 valence electrons. The summed E-state index contributed by atoms with van der Waals surface area (Å²) >= 11 is 7.54. The van der Waals surface area contributed by atoms with Crippen LogP contribution in [0.5, 0.6) is 0 Å². The van der Waals surface area contributed by atoms with E-state index >= 15 is 0 Å². The highest BCUT2D eigenvalue weighted by molar-refractivity contribution is 9.10. The number of benzene rings is 2. The van der Waals surface area contributed by atoms with E-state index in [1.807, 2.05) is 6.07 Å². The number of nitro groups is 1. The molecule has 0 aliphatic carbocycles. The Morgan fingerprint density at radius 1 is 1.31 bits per heavy atom. The van der Waals surface area contributed by atoms with Crippen molar-refractivity contribution < 1.29 is 18.3 Å². The molecule has 0 saturated heterocycles. The third kappa shape index (κ3) is 6.52. The number of nitrogens with zero attached hydrogens (tertiary/aromatic N) is 2. The van der Waals surface area contributed by atoms with Crippen LogP contribution >= 0.6 is 27.5 Å². The van der Waals surface area contributed by atoms with Gasteiger partial charge in [0.15, 0.2) is 11.6 Å². The normalized spacial score (nSPS) is 14.3. The first kappa shape index (κ1) is 26.3. The second kappa shape index (κ2) is 10.8. The third-order valence-corrected chi connectivity index (χ3v) is 6.88. The number of nitrogens with one attached hydrogen (secondary N) is 2. The Morgan fingerprint density at radius 3 is 2.53 bits per heavy atom. The van der Waals surface area contributed by atoms with E-state index < -0.39 is 44.8 Å². The second-order valence-electron chi connectivity index (χ2n) is 7.79. The predicted octanol–water partition coefficient (Wildman–Crippen LogP) is 5.78. The molecule has 0 bridgehead atoms. The highest BCUT2D eigenvalue weighted by atomic mass is 79.9. The lowest BCUT2D eigenvalue weighted by molar-refractivity contribution is -0.384. The summed E-state index contributed by atoms with van der Waals surface area (Å²) in [7, 11) is 0. The summed E-state index contributed by atoms with van der Waals surface area (Å²) < 4.78 is 43.5. The standard InChI is InChI=1S/C20H20BrClF2N4O3S/c1-20(2,3)32(31)27-12(10-25)9-16(18-13(21)5-6-14(23)19(18)24)26-15-8-11(22)4-7-17(15)28(29)30/h4-8,12,16,26-27H,9H2,1-3H3/t12?,16-,32-/m1/s1. The van der Waals surface area contributed by atoms with Crippen molar-refractivity contribution in [1.82, 2.24) is 4.72 Å². The molecular weight excluding hydrogens is 530 g/mol. The lowest BCUT2D eigenvalue weighted by atomic mass is 9.98. The largest absolute Gasteiger partial charge is 0.598 e. The van der Waals surface area contributed by atoms with Crippen LogP contribution in [-0.2, 0) is 11.4 Å². The Morgan fingerprint density at radius 2 is 1.97 bits per heavy atom. The Labute approximate surface area is 200 Å². The molecule has 0 spiro atoms. The van der Waals surface area contributed by atoms with Gasteiger partial charge in [0, 0.05) is 38.9 Å². The fraction of sp³-hybridized carbons (Fsp3) is 0.350. The highest BCUT2D eigenvalue weighted by Crippen LogP contribution is 2.37. The number of rotatable bonds is 8. The fourth-order valence-electron chi connectivity index (χ4n) is 2.75. The molecule has 1 unspecified atom stereocenters. The first-order chi connectivity index (χ1) is 14.8. The first-order valence-corrected chi connectivity index (χ1v) is 11.6. The van der Waals surface area contributed by atoms with Gasteiger partial charge in [0.05, 0.1) is 17.0 Å². The van der Waals surface area contributed by atoms with Gasteiger partial charge in [0.2, 0.25) is 0 Å². The van der Waals surface area contributed by atoms with Crippen LogP contribution in [0.15, 0.2) is 34.8 Å². The first-order valence-electron chi connectivity index (χ1n) is 9.26. The number of nitriles is 1. The summed E-state index contributed by atoms with van der Waals surface area (Å²) in [5.74, 6) is -2.31. The van der Waals surface area contributed by atoms with Crippen molar-refractivity contribution in [3.05, 3.63) is 67.1 Å². The van der Waals surface area contributed by atoms with Crippen LogP contribution in [0, 0.1) is 33.1 Å². The minimum atomic E-state index is -1.63. The van der Waals surface area contributed by atoms with Gasteiger partial charge in [-0.3, -0.25) is 10.1 Å². The molecule has 0 aliphatic heterocycles. The molecule has 7 nitrogen and oxygen atoms in total. The molecule has 2 aromatic carbocycles. The predicted molar refractivity (Wildman–Crippen MR) is 124 cm³/mol. The molecule has 2 aromatic rings. The minimum Gasteiger partial charge on any atom is -0.598 e. The van der Waals surface area contributed by atoms with Gasteiger partial charge in [0.25, 0.3) is 5.69 Å². The number of anilines is 1. The molecule has 0 heterocycles. The van der Waals surface area contributed by atoms with Gasteiger partial charge in [-0.1, -0.05) is 27.5 Å². The molecule has 0 saturated carbocycles. The van der Waals surface area contributed by atoms with Crippen LogP contribution in [0.25, 0.3) is 0 Å². The van der Waals surface area contributed by atoms with Gasteiger partial charge in [-0.15, -0.1) is 4.72 Å². The zero-order valence-corrected chi connectivity index (χ0v) is 20.4. The SMILES string of the molecule is CC(C)(C)[S@@+]([O-])NC(C#N)C[C@@H](Nc1cc(Cl)ccc1[N+](=O)[O-])c1c(Br)ccc(F)c1F. The Bertz CT molecular complexity index is 1050. The van der Waals surface area contributed by atoms with E-state index in [1.54, 1.807) is 20.8 Å². The number of nitro benzene ring substituents is 1. The average Bonchev–Trinajstić information content (AvgIpc) is 2.69. The molecule has 12 heteroatoms. The number of halogens is 4. The van der Waals surface area contributed by atoms with Crippen LogP contribution in [-0.4, -0.2) is 20.3 Å². The maximum absolute atomic E-state index is 14.8. The number of hydrogen-bond acceptors (Lipinski definition) is 6. The summed E-state index contributed by atoms with van der Waals surface area (Å²) in [6, 6.07) is 5.77. The van der Waals surface area contributed by atoms with Gasteiger partial charge in [-0.2, -0.15) is 5.26 Å². The van der Waals surface area contributed by atoms with Crippen LogP contribution in [0.3, 0.4) is 0 Å². The molecule has 2 N–H and O–H groups in total. The summed E-state index contributed by atoms with van der Waals surface area (Å²) in [5.41, 5.74) is -0.563. The molecule has 0 aliphatic rings. The van der Waals surface area contributed by atoms with Gasteiger partial charge >= 0.3 is 0 Å². The molecular formula is C20H20BrClF2N4O3S. The Hall–Kier alpha value is -1.97. The Kier molecular flexibility index (Phi) is 8.84. The van der Waals surface area contributed by atoms with Gasteiger partial charge in [-0.25, -0.2) is 8.78 Å². The third-order valence-electron chi connectivity index (χ3n) is 4.35. The van der Waals surface area contributed by atoms with Crippen molar-refractivity contribution in [3.8, 4) is 6.07 Å². The van der Waals surface area contributed by atoms with Crippen molar-refractivity contribution in [2.75, 3.05) is 5.32 Å². The van der Waals surface area contributed by atoms with Crippen LogP contribution in [0.4, 0.5) is 20.2 Å². The van der Waals surface area contributed by atoms with Crippen molar-refractivity contribution in [3.63, 3.8) is 0 Å². The molecule has 32 heavy (non-hydrogen) atoms. The van der Waals surface area contributed by atoms with E-state index in [1.165, 1.54) is 24.3 Å². The average molecular weight is 550 g/mol. The van der Waals surface area contributed by atoms with Crippen molar-refractivity contribution in [2.45, 2.75) is 44.0 Å². The summed E-state index contributed by atoms with van der Waals surface area (Å²) in [4.78, 5) is 10.8. The van der Waals surface area contributed by atoms with E-state index in [-0.39, 0.29) is 32.9 Å². The maximum Gasteiger partial charge on any atom is 0.292 e. The minimum absolute atomic E-state index is 0.0447. The molecule has 3 atom stereocenters. The summed E-state index contributed by atoms with van der Waals surface area (Å²) in [5, 5.41) is 24.0. The molecule has 0 aromatic heterocycles. The smallest absolute Gasteiger partial charge is 0.292 e. The summed E-state index contributed by atoms with van der Waals surface area (Å²) in [6.45, 7) is 5.12. The van der Waals surface area contributed by atoms with Gasteiger partial charge in [0.1, 0.15) is 16.5 Å². The zero-order chi connectivity index (χ0) is 24.2. The van der Waals surface area contributed by atoms with Gasteiger partial charge < -0.3 is 9.87 Å². The Balaban J connectivity index is 2.53. The molecule has 2 rings (SSSR count). The van der Waals surface area contributed by atoms with Crippen molar-refractivity contribution >= 4 is 50.3 Å². The van der Waals surface area contributed by atoms with Crippen LogP contribution < -0.4 is 10.0 Å². The lowest BCUT2D eigenvalue weighted by Crippen LogP contribution is -2.45. The lowest BCUT2D eigenvalue weighted by Gasteiger charge is -2.28. The molecule has 0 fully saturated rings. The highest BCUT2D eigenvalue weighted by Gasteiger charge is 2.33. The number of hydrogen-bond donors (Lipinski definition) is 2. The zero-order valence-electron chi connectivity index (χ0n) is 17.3. The topological polar surface area (TPSA) is 114 Å². The van der Waals surface area contributed by atoms with E-state index in [9.17, 15) is 28.7 Å². The summed E-state index contributed by atoms with van der Waals surface area (Å²) in [6.07, 6.45) is -0.193. The van der Waals surface area contributed by atoms with E-state index in [0.717, 1.165) is 6.07 Å².